The molecule has 2 aromatic rings. The number of aromatic nitrogens is 2. The molecule has 106 valence electrons. The Morgan fingerprint density at radius 1 is 1.15 bits per heavy atom. The third-order valence-electron chi connectivity index (χ3n) is 3.19. The molecule has 0 amide bonds. The molecule has 0 spiro atoms. The summed E-state index contributed by atoms with van der Waals surface area (Å²) in [6.07, 6.45) is 0.715. The average Bonchev–Trinajstić information content (AvgIpc) is 2.98. The summed E-state index contributed by atoms with van der Waals surface area (Å²) in [6, 6.07) is 10.1. The SMILES string of the molecule is c1ccc(NCCc2nc(N3CCOCC3)no2)cc1. The molecule has 0 aliphatic carbocycles. The van der Waals surface area contributed by atoms with Crippen LogP contribution in [-0.4, -0.2) is 43.0 Å². The number of benzene rings is 1. The first kappa shape index (κ1) is 12.9. The van der Waals surface area contributed by atoms with E-state index < -0.39 is 0 Å². The van der Waals surface area contributed by atoms with E-state index in [4.69, 9.17) is 9.26 Å². The molecule has 1 fully saturated rings. The summed E-state index contributed by atoms with van der Waals surface area (Å²) < 4.78 is 10.6. The van der Waals surface area contributed by atoms with Crippen molar-refractivity contribution in [1.29, 1.82) is 0 Å². The molecule has 1 aliphatic rings. The lowest BCUT2D eigenvalue weighted by molar-refractivity contribution is 0.121. The minimum atomic E-state index is 0.662. The van der Waals surface area contributed by atoms with Crippen LogP contribution in [0, 0.1) is 0 Å². The van der Waals surface area contributed by atoms with Crippen LogP contribution < -0.4 is 10.2 Å². The molecule has 0 radical (unpaired) electrons. The van der Waals surface area contributed by atoms with E-state index in [1.165, 1.54) is 0 Å². The fourth-order valence-corrected chi connectivity index (χ4v) is 2.11. The largest absolute Gasteiger partial charge is 0.385 e. The first-order valence-electron chi connectivity index (χ1n) is 6.86. The molecular weight excluding hydrogens is 256 g/mol. The number of nitrogens with zero attached hydrogens (tertiary/aromatic N) is 3. The Morgan fingerprint density at radius 2 is 1.95 bits per heavy atom. The predicted octanol–water partition coefficient (Wildman–Crippen LogP) is 1.56. The van der Waals surface area contributed by atoms with Gasteiger partial charge in [-0.15, -0.1) is 0 Å². The number of rotatable bonds is 5. The summed E-state index contributed by atoms with van der Waals surface area (Å²) in [7, 11) is 0. The van der Waals surface area contributed by atoms with Crippen LogP contribution in [0.3, 0.4) is 0 Å². The van der Waals surface area contributed by atoms with E-state index in [2.05, 4.69) is 20.4 Å². The molecule has 0 atom stereocenters. The summed E-state index contributed by atoms with van der Waals surface area (Å²) in [5, 5.41) is 7.34. The first-order valence-corrected chi connectivity index (χ1v) is 6.86. The van der Waals surface area contributed by atoms with Crippen LogP contribution in [0.2, 0.25) is 0 Å². The molecule has 1 aliphatic heterocycles. The quantitative estimate of drug-likeness (QED) is 0.892. The minimum Gasteiger partial charge on any atom is -0.385 e. The third kappa shape index (κ3) is 3.27. The van der Waals surface area contributed by atoms with Crippen molar-refractivity contribution in [3.05, 3.63) is 36.2 Å². The normalized spacial score (nSPS) is 15.3. The summed E-state index contributed by atoms with van der Waals surface area (Å²) >= 11 is 0. The Morgan fingerprint density at radius 3 is 2.75 bits per heavy atom. The molecule has 20 heavy (non-hydrogen) atoms. The van der Waals surface area contributed by atoms with Gasteiger partial charge in [-0.3, -0.25) is 0 Å². The van der Waals surface area contributed by atoms with Crippen LogP contribution in [0.1, 0.15) is 5.89 Å². The van der Waals surface area contributed by atoms with Crippen molar-refractivity contribution < 1.29 is 9.26 Å². The van der Waals surface area contributed by atoms with Crippen molar-refractivity contribution in [2.75, 3.05) is 43.1 Å². The highest BCUT2D eigenvalue weighted by Crippen LogP contribution is 2.12. The number of nitrogens with one attached hydrogen (secondary N) is 1. The van der Waals surface area contributed by atoms with E-state index in [-0.39, 0.29) is 0 Å². The van der Waals surface area contributed by atoms with E-state index >= 15 is 0 Å². The molecule has 1 N–H and O–H groups in total. The van der Waals surface area contributed by atoms with Crippen molar-refractivity contribution in [3.63, 3.8) is 0 Å². The maximum atomic E-state index is 5.30. The van der Waals surface area contributed by atoms with E-state index in [1.54, 1.807) is 0 Å². The molecule has 0 saturated carbocycles. The highest BCUT2D eigenvalue weighted by Gasteiger charge is 2.16. The lowest BCUT2D eigenvalue weighted by Crippen LogP contribution is -2.36. The number of morpholine rings is 1. The number of anilines is 2. The second-order valence-corrected chi connectivity index (χ2v) is 4.63. The Kier molecular flexibility index (Phi) is 4.13. The summed E-state index contributed by atoms with van der Waals surface area (Å²) in [6.45, 7) is 3.86. The molecule has 2 heterocycles. The predicted molar refractivity (Wildman–Crippen MR) is 76.0 cm³/mol. The number of para-hydroxylation sites is 1. The van der Waals surface area contributed by atoms with Crippen molar-refractivity contribution in [3.8, 4) is 0 Å². The molecule has 3 rings (SSSR count). The Balaban J connectivity index is 1.50. The van der Waals surface area contributed by atoms with Gasteiger partial charge in [0.05, 0.1) is 13.2 Å². The van der Waals surface area contributed by atoms with Gasteiger partial charge >= 0.3 is 0 Å². The van der Waals surface area contributed by atoms with Gasteiger partial charge in [0.1, 0.15) is 0 Å². The van der Waals surface area contributed by atoms with Gasteiger partial charge in [-0.1, -0.05) is 18.2 Å². The zero-order valence-corrected chi connectivity index (χ0v) is 11.3. The summed E-state index contributed by atoms with van der Waals surface area (Å²) in [5.41, 5.74) is 1.10. The summed E-state index contributed by atoms with van der Waals surface area (Å²) in [5.74, 6) is 1.33. The van der Waals surface area contributed by atoms with E-state index in [9.17, 15) is 0 Å². The monoisotopic (exact) mass is 274 g/mol. The molecule has 6 heteroatoms. The Bertz CT molecular complexity index is 523. The van der Waals surface area contributed by atoms with Gasteiger partial charge in [-0.05, 0) is 17.3 Å². The fourth-order valence-electron chi connectivity index (χ4n) is 2.11. The average molecular weight is 274 g/mol. The van der Waals surface area contributed by atoms with Crippen molar-refractivity contribution in [2.45, 2.75) is 6.42 Å². The van der Waals surface area contributed by atoms with Gasteiger partial charge in [0, 0.05) is 31.7 Å². The molecule has 6 nitrogen and oxygen atoms in total. The Labute approximate surface area is 117 Å². The molecule has 0 bridgehead atoms. The number of hydrogen-bond acceptors (Lipinski definition) is 6. The van der Waals surface area contributed by atoms with Crippen LogP contribution in [0.4, 0.5) is 11.6 Å². The summed E-state index contributed by atoms with van der Waals surface area (Å²) in [4.78, 5) is 6.50. The smallest absolute Gasteiger partial charge is 0.266 e. The van der Waals surface area contributed by atoms with Crippen molar-refractivity contribution in [1.82, 2.24) is 10.1 Å². The fraction of sp³-hybridized carbons (Fsp3) is 0.429. The van der Waals surface area contributed by atoms with Crippen LogP contribution >= 0.6 is 0 Å². The van der Waals surface area contributed by atoms with Crippen LogP contribution in [-0.2, 0) is 11.2 Å². The maximum absolute atomic E-state index is 5.30. The number of ether oxygens (including phenoxy) is 1. The zero-order chi connectivity index (χ0) is 13.6. The van der Waals surface area contributed by atoms with E-state index in [0.29, 0.717) is 18.3 Å². The first-order chi connectivity index (χ1) is 9.92. The van der Waals surface area contributed by atoms with Gasteiger partial charge < -0.3 is 19.5 Å². The highest BCUT2D eigenvalue weighted by atomic mass is 16.5. The Hall–Kier alpha value is -2.08. The van der Waals surface area contributed by atoms with E-state index in [0.717, 1.165) is 38.5 Å². The van der Waals surface area contributed by atoms with E-state index in [1.807, 2.05) is 30.3 Å². The second-order valence-electron chi connectivity index (χ2n) is 4.63. The van der Waals surface area contributed by atoms with Crippen molar-refractivity contribution in [2.24, 2.45) is 0 Å². The number of hydrogen-bond donors (Lipinski definition) is 1. The lowest BCUT2D eigenvalue weighted by atomic mass is 10.3. The van der Waals surface area contributed by atoms with Gasteiger partial charge in [0.2, 0.25) is 5.89 Å². The van der Waals surface area contributed by atoms with Gasteiger partial charge in [0.25, 0.3) is 5.95 Å². The maximum Gasteiger partial charge on any atom is 0.266 e. The standard InChI is InChI=1S/C14H18N4O2/c1-2-4-12(5-3-1)15-7-6-13-16-14(17-20-13)18-8-10-19-11-9-18/h1-5,15H,6-11H2. The third-order valence-corrected chi connectivity index (χ3v) is 3.19. The molecule has 1 saturated heterocycles. The molecule has 1 aromatic heterocycles. The zero-order valence-electron chi connectivity index (χ0n) is 11.3. The molecular formula is C14H18N4O2. The van der Waals surface area contributed by atoms with Gasteiger partial charge in [-0.2, -0.15) is 4.98 Å². The van der Waals surface area contributed by atoms with Gasteiger partial charge in [0.15, 0.2) is 0 Å². The molecule has 0 unspecified atom stereocenters. The van der Waals surface area contributed by atoms with Crippen LogP contribution in [0.15, 0.2) is 34.9 Å². The van der Waals surface area contributed by atoms with Crippen LogP contribution in [0.5, 0.6) is 0 Å². The van der Waals surface area contributed by atoms with Gasteiger partial charge in [-0.25, -0.2) is 0 Å². The second kappa shape index (κ2) is 6.38. The minimum absolute atomic E-state index is 0.662. The van der Waals surface area contributed by atoms with Crippen molar-refractivity contribution >= 4 is 11.6 Å². The lowest BCUT2D eigenvalue weighted by Gasteiger charge is -2.24. The van der Waals surface area contributed by atoms with Crippen LogP contribution in [0.25, 0.3) is 0 Å². The molecule has 1 aromatic carbocycles. The topological polar surface area (TPSA) is 63.4 Å². The highest BCUT2D eigenvalue weighted by molar-refractivity contribution is 5.42.